The third kappa shape index (κ3) is 4.07. The van der Waals surface area contributed by atoms with E-state index >= 15 is 0 Å². The topological polar surface area (TPSA) is 55.4 Å². The number of carbonyl (C=O) groups excluding carboxylic acids is 2. The van der Waals surface area contributed by atoms with Gasteiger partial charge < -0.3 is 10.1 Å². The van der Waals surface area contributed by atoms with Gasteiger partial charge in [0.1, 0.15) is 5.82 Å². The molecule has 0 aromatic heterocycles. The van der Waals surface area contributed by atoms with Gasteiger partial charge in [0, 0.05) is 11.6 Å². The zero-order valence-electron chi connectivity index (χ0n) is 15.6. The molecule has 0 unspecified atom stereocenters. The minimum absolute atomic E-state index is 0.0933. The summed E-state index contributed by atoms with van der Waals surface area (Å²) >= 11 is 0. The van der Waals surface area contributed by atoms with Crippen molar-refractivity contribution in [1.82, 2.24) is 5.32 Å². The predicted molar refractivity (Wildman–Crippen MR) is 100 cm³/mol. The molecule has 0 heterocycles. The van der Waals surface area contributed by atoms with E-state index in [2.05, 4.69) is 5.32 Å². The van der Waals surface area contributed by atoms with Crippen molar-refractivity contribution < 1.29 is 18.7 Å². The largest absolute Gasteiger partial charge is 0.449 e. The van der Waals surface area contributed by atoms with Gasteiger partial charge in [-0.2, -0.15) is 0 Å². The highest BCUT2D eigenvalue weighted by Crippen LogP contribution is 2.55. The van der Waals surface area contributed by atoms with E-state index in [1.807, 2.05) is 0 Å². The minimum Gasteiger partial charge on any atom is -0.449 e. The van der Waals surface area contributed by atoms with Gasteiger partial charge >= 0.3 is 5.97 Å². The van der Waals surface area contributed by atoms with Crippen molar-refractivity contribution in [3.05, 3.63) is 41.7 Å². The van der Waals surface area contributed by atoms with Gasteiger partial charge in [-0.15, -0.1) is 0 Å². The van der Waals surface area contributed by atoms with E-state index in [-0.39, 0.29) is 17.3 Å². The first kappa shape index (κ1) is 18.2. The fraction of sp³-hybridized carbons (Fsp3) is 0.545. The van der Waals surface area contributed by atoms with Crippen LogP contribution in [0.15, 0.2) is 30.3 Å². The average Bonchev–Trinajstić information content (AvgIpc) is 2.58. The number of benzene rings is 1. The molecule has 1 N–H and O–H groups in total. The Morgan fingerprint density at radius 3 is 2.41 bits per heavy atom. The Hall–Kier alpha value is -2.17. The summed E-state index contributed by atoms with van der Waals surface area (Å²) in [6.45, 7) is 1.60. The molecule has 0 aliphatic heterocycles. The van der Waals surface area contributed by atoms with Gasteiger partial charge in [0.05, 0.1) is 0 Å². The number of esters is 1. The molecule has 0 radical (unpaired) electrons. The molecule has 27 heavy (non-hydrogen) atoms. The van der Waals surface area contributed by atoms with E-state index < -0.39 is 12.1 Å². The molecular formula is C22H26FNO3. The molecule has 1 aromatic carbocycles. The Morgan fingerprint density at radius 1 is 1.19 bits per heavy atom. The van der Waals surface area contributed by atoms with Crippen LogP contribution in [0.5, 0.6) is 0 Å². The van der Waals surface area contributed by atoms with Crippen molar-refractivity contribution in [2.45, 2.75) is 57.1 Å². The molecule has 4 nitrogen and oxygen atoms in total. The van der Waals surface area contributed by atoms with E-state index in [1.54, 1.807) is 19.1 Å². The maximum Gasteiger partial charge on any atom is 0.331 e. The first-order chi connectivity index (χ1) is 12.9. The van der Waals surface area contributed by atoms with Crippen molar-refractivity contribution in [2.24, 2.45) is 17.8 Å². The fourth-order valence-electron chi connectivity index (χ4n) is 5.67. The lowest BCUT2D eigenvalue weighted by Crippen LogP contribution is -2.61. The van der Waals surface area contributed by atoms with Crippen molar-refractivity contribution >= 4 is 18.0 Å². The van der Waals surface area contributed by atoms with Gasteiger partial charge in [-0.1, -0.05) is 12.1 Å². The molecule has 4 saturated carbocycles. The number of hydrogen-bond acceptors (Lipinski definition) is 3. The molecule has 1 aromatic rings. The van der Waals surface area contributed by atoms with Crippen LogP contribution in [0, 0.1) is 23.6 Å². The lowest BCUT2D eigenvalue weighted by molar-refractivity contribution is -0.152. The summed E-state index contributed by atoms with van der Waals surface area (Å²) in [5.74, 6) is 1.03. The quantitative estimate of drug-likeness (QED) is 0.632. The lowest BCUT2D eigenvalue weighted by atomic mass is 9.53. The van der Waals surface area contributed by atoms with Crippen LogP contribution in [0.25, 0.3) is 6.08 Å². The van der Waals surface area contributed by atoms with Crippen LogP contribution in [0.1, 0.15) is 51.0 Å². The van der Waals surface area contributed by atoms with E-state index in [0.29, 0.717) is 5.56 Å². The van der Waals surface area contributed by atoms with Crippen LogP contribution in [-0.4, -0.2) is 23.5 Å². The summed E-state index contributed by atoms with van der Waals surface area (Å²) in [5, 5.41) is 3.22. The molecule has 4 aliphatic carbocycles. The van der Waals surface area contributed by atoms with Gasteiger partial charge in [-0.05, 0) is 87.0 Å². The molecule has 0 spiro atoms. The molecule has 4 bridgehead atoms. The van der Waals surface area contributed by atoms with Gasteiger partial charge in [-0.3, -0.25) is 4.79 Å². The smallest absolute Gasteiger partial charge is 0.331 e. The number of carbonyl (C=O) groups is 2. The standard InChI is InChI=1S/C22H26FNO3/c1-14(27-20(25)6-5-15-3-2-4-19(23)10-15)21(26)24-22-11-16-7-17(12-22)9-18(8-16)13-22/h2-6,10,14,16-18H,7-9,11-13H2,1H3,(H,24,26)/b6-5+/t14-,16?,17?,18?,22?/m1/s1. The number of rotatable bonds is 5. The number of halogens is 1. The van der Waals surface area contributed by atoms with Crippen molar-refractivity contribution in [2.75, 3.05) is 0 Å². The number of nitrogens with one attached hydrogen (secondary N) is 1. The third-order valence-electron chi connectivity index (χ3n) is 6.35. The highest BCUT2D eigenvalue weighted by molar-refractivity contribution is 5.90. The summed E-state index contributed by atoms with van der Waals surface area (Å²) in [6, 6.07) is 5.93. The van der Waals surface area contributed by atoms with E-state index in [1.165, 1.54) is 43.5 Å². The summed E-state index contributed by atoms with van der Waals surface area (Å²) in [7, 11) is 0. The first-order valence-corrected chi connectivity index (χ1v) is 9.87. The van der Waals surface area contributed by atoms with Crippen molar-refractivity contribution in [1.29, 1.82) is 0 Å². The maximum atomic E-state index is 13.2. The average molecular weight is 371 g/mol. The van der Waals surface area contributed by atoms with Crippen LogP contribution in [-0.2, 0) is 14.3 Å². The molecule has 5 heteroatoms. The monoisotopic (exact) mass is 371 g/mol. The van der Waals surface area contributed by atoms with E-state index in [9.17, 15) is 14.0 Å². The highest BCUT2D eigenvalue weighted by Gasteiger charge is 2.51. The van der Waals surface area contributed by atoms with E-state index in [0.717, 1.165) is 37.0 Å². The second kappa shape index (κ2) is 7.10. The molecule has 4 aliphatic rings. The second-order valence-corrected chi connectivity index (χ2v) is 8.65. The van der Waals surface area contributed by atoms with Gasteiger partial charge in [0.15, 0.2) is 6.10 Å². The number of amides is 1. The summed E-state index contributed by atoms with van der Waals surface area (Å²) in [6.07, 6.45) is 8.97. The minimum atomic E-state index is -0.845. The van der Waals surface area contributed by atoms with Gasteiger partial charge in [-0.25, -0.2) is 9.18 Å². The third-order valence-corrected chi connectivity index (χ3v) is 6.35. The Kier molecular flexibility index (Phi) is 4.79. The Labute approximate surface area is 159 Å². The molecule has 0 saturated heterocycles. The second-order valence-electron chi connectivity index (χ2n) is 8.65. The van der Waals surface area contributed by atoms with Gasteiger partial charge in [0.25, 0.3) is 5.91 Å². The van der Waals surface area contributed by atoms with Gasteiger partial charge in [0.2, 0.25) is 0 Å². The van der Waals surface area contributed by atoms with E-state index in [4.69, 9.17) is 4.74 Å². The summed E-state index contributed by atoms with van der Waals surface area (Å²) in [5.41, 5.74) is 0.474. The maximum absolute atomic E-state index is 13.2. The molecule has 1 amide bonds. The van der Waals surface area contributed by atoms with Crippen LogP contribution in [0.3, 0.4) is 0 Å². The zero-order chi connectivity index (χ0) is 19.0. The Bertz CT molecular complexity index is 737. The normalized spacial score (nSPS) is 32.4. The van der Waals surface area contributed by atoms with Crippen LogP contribution in [0.4, 0.5) is 4.39 Å². The fourth-order valence-corrected chi connectivity index (χ4v) is 5.67. The molecular weight excluding hydrogens is 345 g/mol. The molecule has 5 rings (SSSR count). The first-order valence-electron chi connectivity index (χ1n) is 9.87. The van der Waals surface area contributed by atoms with Crippen LogP contribution >= 0.6 is 0 Å². The lowest BCUT2D eigenvalue weighted by Gasteiger charge is -2.57. The Morgan fingerprint density at radius 2 is 1.81 bits per heavy atom. The molecule has 1 atom stereocenters. The number of ether oxygens (including phenoxy) is 1. The number of hydrogen-bond donors (Lipinski definition) is 1. The summed E-state index contributed by atoms with van der Waals surface area (Å²) < 4.78 is 18.4. The summed E-state index contributed by atoms with van der Waals surface area (Å²) in [4.78, 5) is 24.6. The SMILES string of the molecule is C[C@@H](OC(=O)/C=C/c1cccc(F)c1)C(=O)NC12CC3CC(CC(C3)C1)C2. The van der Waals surface area contributed by atoms with Crippen molar-refractivity contribution in [3.63, 3.8) is 0 Å². The highest BCUT2D eigenvalue weighted by atomic mass is 19.1. The zero-order valence-corrected chi connectivity index (χ0v) is 15.6. The van der Waals surface area contributed by atoms with Crippen LogP contribution in [0.2, 0.25) is 0 Å². The van der Waals surface area contributed by atoms with Crippen molar-refractivity contribution in [3.8, 4) is 0 Å². The predicted octanol–water partition coefficient (Wildman–Crippen LogP) is 3.86. The Balaban J connectivity index is 1.32. The molecule has 144 valence electrons. The molecule has 4 fully saturated rings. The van der Waals surface area contributed by atoms with Crippen LogP contribution < -0.4 is 5.32 Å².